The molecule has 2 heterocycles. The van der Waals surface area contributed by atoms with Crippen molar-refractivity contribution in [2.75, 3.05) is 0 Å². The predicted molar refractivity (Wildman–Crippen MR) is 169 cm³/mol. The van der Waals surface area contributed by atoms with Gasteiger partial charge in [0.15, 0.2) is 0 Å². The Bertz CT molecular complexity index is 1990. The molecule has 5 nitrogen and oxygen atoms in total. The van der Waals surface area contributed by atoms with E-state index in [-0.39, 0.29) is 20.4 Å². The van der Waals surface area contributed by atoms with Crippen LogP contribution in [0.15, 0.2) is 115 Å². The van der Waals surface area contributed by atoms with Crippen molar-refractivity contribution in [1.29, 1.82) is 0 Å². The average molecular weight is 743 g/mol. The number of fused-ring (bicyclic) bond motifs is 5. The molecule has 5 aromatic carbocycles. The van der Waals surface area contributed by atoms with Gasteiger partial charge in [-0.3, -0.25) is 4.98 Å². The minimum atomic E-state index is 0. The summed E-state index contributed by atoms with van der Waals surface area (Å²) < 4.78 is 0. The molecule has 1 radical (unpaired) electrons. The normalized spacial score (nSPS) is 9.93. The smallest absolute Gasteiger partial charge is 0.130 e. The average Bonchev–Trinajstić information content (AvgIpc) is 3.06. The Morgan fingerprint density at radius 3 is 1.52 bits per heavy atom. The summed E-state index contributed by atoms with van der Waals surface area (Å²) in [7, 11) is 0. The number of benzene rings is 5. The van der Waals surface area contributed by atoms with Crippen LogP contribution in [-0.2, 0) is 34.8 Å². The van der Waals surface area contributed by atoms with Crippen molar-refractivity contribution in [3.63, 3.8) is 0 Å². The van der Waals surface area contributed by atoms with Gasteiger partial charge in [-0.2, -0.15) is 0 Å². The molecule has 0 atom stereocenters. The molecule has 207 valence electrons. The molecule has 0 amide bonds. The van der Waals surface area contributed by atoms with Crippen LogP contribution in [0.3, 0.4) is 0 Å². The van der Waals surface area contributed by atoms with Gasteiger partial charge < -0.3 is 14.4 Å². The molecule has 7 heteroatoms. The molecule has 0 N–H and O–H groups in total. The van der Waals surface area contributed by atoms with Gasteiger partial charge >= 0.3 is 0 Å². The SMILES string of the molecule is C=O.C=O.C=O.Clc1cc(-c2ccc3ccccc3c2)c2ccc3c(-c4ccc5ccccc5c4)ccnc3c2n1.[Re]. The summed E-state index contributed by atoms with van der Waals surface area (Å²) in [6.45, 7) is 6.00. The van der Waals surface area contributed by atoms with Crippen molar-refractivity contribution in [3.8, 4) is 22.3 Å². The summed E-state index contributed by atoms with van der Waals surface area (Å²) in [5.41, 5.74) is 6.15. The van der Waals surface area contributed by atoms with Gasteiger partial charge in [0, 0.05) is 37.4 Å². The molecule has 7 rings (SSSR count). The van der Waals surface area contributed by atoms with Crippen molar-refractivity contribution in [2.45, 2.75) is 0 Å². The van der Waals surface area contributed by atoms with Crippen molar-refractivity contribution in [2.24, 2.45) is 0 Å². The van der Waals surface area contributed by atoms with Gasteiger partial charge in [0.25, 0.3) is 0 Å². The van der Waals surface area contributed by atoms with Crippen LogP contribution in [0.2, 0.25) is 5.15 Å². The molecule has 0 saturated carbocycles. The zero-order chi connectivity index (χ0) is 29.4. The Morgan fingerprint density at radius 1 is 0.500 bits per heavy atom. The molecule has 0 bridgehead atoms. The van der Waals surface area contributed by atoms with Crippen LogP contribution in [0, 0.1) is 0 Å². The van der Waals surface area contributed by atoms with Crippen molar-refractivity contribution in [1.82, 2.24) is 9.97 Å². The van der Waals surface area contributed by atoms with Gasteiger partial charge in [-0.15, -0.1) is 0 Å². The van der Waals surface area contributed by atoms with Gasteiger partial charge in [-0.05, 0) is 68.1 Å². The van der Waals surface area contributed by atoms with E-state index in [9.17, 15) is 0 Å². The van der Waals surface area contributed by atoms with Crippen LogP contribution >= 0.6 is 11.6 Å². The summed E-state index contributed by atoms with van der Waals surface area (Å²) in [6, 6.07) is 38.3. The first kappa shape index (κ1) is 31.9. The molecule has 2 aromatic heterocycles. The van der Waals surface area contributed by atoms with Crippen molar-refractivity contribution >= 4 is 75.3 Å². The number of hydrogen-bond donors (Lipinski definition) is 0. The minimum absolute atomic E-state index is 0. The fraction of sp³-hybridized carbons (Fsp3) is 0. The molecule has 7 aromatic rings. The molecule has 0 saturated heterocycles. The number of carbonyl (C=O) groups is 3. The molecule has 0 aliphatic carbocycles. The standard InChI is InChI=1S/C32H19ClN2.3CH2O.Re/c33-30-19-29(25-12-10-21-6-2-4-8-23(21)18-25)28-14-13-27-26(15-16-34-31(27)32(28)35-30)24-11-9-20-5-1-3-7-22(20)17-24;3*1-2;/h1-19H;3*1H2;. The third-order valence-electron chi connectivity index (χ3n) is 6.78. The van der Waals surface area contributed by atoms with Crippen LogP contribution in [0.5, 0.6) is 0 Å². The van der Waals surface area contributed by atoms with Crippen molar-refractivity contribution in [3.05, 3.63) is 121 Å². The van der Waals surface area contributed by atoms with E-state index in [1.165, 1.54) is 21.5 Å². The molecule has 0 unspecified atom stereocenters. The van der Waals surface area contributed by atoms with Gasteiger partial charge in [0.1, 0.15) is 25.5 Å². The monoisotopic (exact) mass is 743 g/mol. The zero-order valence-corrected chi connectivity index (χ0v) is 25.9. The zero-order valence-electron chi connectivity index (χ0n) is 22.5. The maximum atomic E-state index is 8.00. The van der Waals surface area contributed by atoms with Crippen molar-refractivity contribution < 1.29 is 34.8 Å². The molecule has 0 spiro atoms. The van der Waals surface area contributed by atoms with Crippen LogP contribution < -0.4 is 0 Å². The van der Waals surface area contributed by atoms with Gasteiger partial charge in [0.2, 0.25) is 0 Å². The first-order valence-electron chi connectivity index (χ1n) is 12.5. The van der Waals surface area contributed by atoms with E-state index in [0.29, 0.717) is 5.15 Å². The maximum Gasteiger partial charge on any atom is 0.130 e. The second kappa shape index (κ2) is 14.9. The summed E-state index contributed by atoms with van der Waals surface area (Å²) in [5, 5.41) is 7.43. The van der Waals surface area contributed by atoms with E-state index in [1.54, 1.807) is 0 Å². The Kier molecular flexibility index (Phi) is 11.3. The molecule has 0 aliphatic heterocycles. The summed E-state index contributed by atoms with van der Waals surface area (Å²) in [6.07, 6.45) is 1.87. The fourth-order valence-corrected chi connectivity index (χ4v) is 5.27. The Labute approximate surface area is 261 Å². The number of halogens is 1. The number of carbonyl (C=O) groups excluding carboxylic acids is 3. The molecule has 0 aliphatic rings. The van der Waals surface area contributed by atoms with E-state index in [0.717, 1.165) is 44.1 Å². The van der Waals surface area contributed by atoms with Gasteiger partial charge in [-0.25, -0.2) is 4.98 Å². The van der Waals surface area contributed by atoms with Crippen LogP contribution in [-0.4, -0.2) is 30.3 Å². The first-order chi connectivity index (χ1) is 20.2. The Hall–Kier alpha value is -4.60. The van der Waals surface area contributed by atoms with Gasteiger partial charge in [-0.1, -0.05) is 96.5 Å². The number of rotatable bonds is 2. The van der Waals surface area contributed by atoms with Crippen LogP contribution in [0.25, 0.3) is 65.6 Å². The quantitative estimate of drug-likeness (QED) is 0.131. The van der Waals surface area contributed by atoms with Gasteiger partial charge in [0.05, 0.1) is 11.0 Å². The number of pyridine rings is 2. The van der Waals surface area contributed by atoms with E-state index in [4.69, 9.17) is 36.0 Å². The molecule has 42 heavy (non-hydrogen) atoms. The third-order valence-corrected chi connectivity index (χ3v) is 6.97. The topological polar surface area (TPSA) is 77.0 Å². The molecule has 0 fully saturated rings. The second-order valence-electron chi connectivity index (χ2n) is 8.83. The number of aromatic nitrogens is 2. The Morgan fingerprint density at radius 2 is 0.976 bits per heavy atom. The van der Waals surface area contributed by atoms with Crippen LogP contribution in [0.4, 0.5) is 0 Å². The Balaban J connectivity index is 0.000000653. The predicted octanol–water partition coefficient (Wildman–Crippen LogP) is 8.52. The molecular weight excluding hydrogens is 718 g/mol. The summed E-state index contributed by atoms with van der Waals surface area (Å²) >= 11 is 6.58. The molecular formula is C35H25ClN2O3Re. The van der Waals surface area contributed by atoms with E-state index in [2.05, 4.69) is 103 Å². The van der Waals surface area contributed by atoms with E-state index >= 15 is 0 Å². The second-order valence-corrected chi connectivity index (χ2v) is 9.22. The summed E-state index contributed by atoms with van der Waals surface area (Å²) in [4.78, 5) is 33.5. The fourth-order valence-electron chi connectivity index (χ4n) is 5.07. The third kappa shape index (κ3) is 6.17. The van der Waals surface area contributed by atoms with E-state index < -0.39 is 0 Å². The van der Waals surface area contributed by atoms with E-state index in [1.807, 2.05) is 32.6 Å². The summed E-state index contributed by atoms with van der Waals surface area (Å²) in [5.74, 6) is 0. The van der Waals surface area contributed by atoms with Crippen LogP contribution in [0.1, 0.15) is 0 Å². The largest absolute Gasteiger partial charge is 0.307 e. The minimum Gasteiger partial charge on any atom is -0.307 e. The first-order valence-corrected chi connectivity index (χ1v) is 12.9. The number of hydrogen-bond acceptors (Lipinski definition) is 5. The maximum absolute atomic E-state index is 8.00. The number of nitrogens with zero attached hydrogens (tertiary/aromatic N) is 2.